The molecule has 4 rings (SSSR count). The molecule has 1 atom stereocenters. The van der Waals surface area contributed by atoms with Crippen LogP contribution in [0.2, 0.25) is 0 Å². The molecule has 0 spiro atoms. The van der Waals surface area contributed by atoms with Gasteiger partial charge in [0.25, 0.3) is 0 Å². The van der Waals surface area contributed by atoms with Crippen molar-refractivity contribution >= 4 is 16.5 Å². The zero-order valence-corrected chi connectivity index (χ0v) is 12.3. The molecule has 2 heteroatoms. The summed E-state index contributed by atoms with van der Waals surface area (Å²) >= 11 is 0. The highest BCUT2D eigenvalue weighted by atomic mass is 16.6. The SMILES string of the molecule is c1ccc(C[C@@H]2CC(c3cccc4ccccc34)=NO2)cc1. The van der Waals surface area contributed by atoms with E-state index < -0.39 is 0 Å². The highest BCUT2D eigenvalue weighted by Gasteiger charge is 2.23. The molecular weight excluding hydrogens is 270 g/mol. The molecule has 3 aromatic carbocycles. The van der Waals surface area contributed by atoms with E-state index in [9.17, 15) is 0 Å². The van der Waals surface area contributed by atoms with E-state index >= 15 is 0 Å². The zero-order chi connectivity index (χ0) is 14.8. The third kappa shape index (κ3) is 2.48. The first-order valence-electron chi connectivity index (χ1n) is 7.65. The van der Waals surface area contributed by atoms with Crippen molar-refractivity contribution < 1.29 is 4.84 Å². The Morgan fingerprint density at radius 3 is 2.55 bits per heavy atom. The minimum absolute atomic E-state index is 0.136. The molecule has 0 aliphatic carbocycles. The Kier molecular flexibility index (Phi) is 3.36. The summed E-state index contributed by atoms with van der Waals surface area (Å²) in [5.41, 5.74) is 3.54. The van der Waals surface area contributed by atoms with E-state index in [1.54, 1.807) is 0 Å². The Labute approximate surface area is 130 Å². The van der Waals surface area contributed by atoms with Crippen molar-refractivity contribution in [3.63, 3.8) is 0 Å². The van der Waals surface area contributed by atoms with Gasteiger partial charge in [-0.25, -0.2) is 0 Å². The summed E-state index contributed by atoms with van der Waals surface area (Å²) in [6.07, 6.45) is 1.90. The van der Waals surface area contributed by atoms with Gasteiger partial charge in [-0.15, -0.1) is 0 Å². The number of benzene rings is 3. The molecule has 0 saturated heterocycles. The highest BCUT2D eigenvalue weighted by Crippen LogP contribution is 2.25. The average molecular weight is 287 g/mol. The molecule has 0 amide bonds. The van der Waals surface area contributed by atoms with Gasteiger partial charge in [0.15, 0.2) is 0 Å². The van der Waals surface area contributed by atoms with Crippen molar-refractivity contribution in [3.8, 4) is 0 Å². The first-order valence-corrected chi connectivity index (χ1v) is 7.65. The van der Waals surface area contributed by atoms with Crippen molar-refractivity contribution in [2.24, 2.45) is 5.16 Å². The number of hydrogen-bond donors (Lipinski definition) is 0. The van der Waals surface area contributed by atoms with Crippen molar-refractivity contribution in [1.29, 1.82) is 0 Å². The molecule has 22 heavy (non-hydrogen) atoms. The molecule has 1 heterocycles. The maximum absolute atomic E-state index is 5.66. The van der Waals surface area contributed by atoms with Gasteiger partial charge in [0.2, 0.25) is 0 Å². The van der Waals surface area contributed by atoms with E-state index in [4.69, 9.17) is 4.84 Å². The second kappa shape index (κ2) is 5.64. The van der Waals surface area contributed by atoms with Crippen LogP contribution in [0.15, 0.2) is 78.0 Å². The van der Waals surface area contributed by atoms with Crippen molar-refractivity contribution in [3.05, 3.63) is 83.9 Å². The van der Waals surface area contributed by atoms with Crippen LogP contribution in [-0.2, 0) is 11.3 Å². The summed E-state index contributed by atoms with van der Waals surface area (Å²) in [6.45, 7) is 0. The minimum atomic E-state index is 0.136. The molecule has 1 aliphatic rings. The van der Waals surface area contributed by atoms with Gasteiger partial charge in [0.1, 0.15) is 6.10 Å². The maximum Gasteiger partial charge on any atom is 0.137 e. The van der Waals surface area contributed by atoms with Crippen LogP contribution in [0.3, 0.4) is 0 Å². The maximum atomic E-state index is 5.66. The summed E-state index contributed by atoms with van der Waals surface area (Å²) in [6, 6.07) is 25.2. The lowest BCUT2D eigenvalue weighted by atomic mass is 9.96. The van der Waals surface area contributed by atoms with E-state index in [0.717, 1.165) is 18.6 Å². The Bertz CT molecular complexity index is 818. The Morgan fingerprint density at radius 2 is 1.64 bits per heavy atom. The first-order chi connectivity index (χ1) is 10.9. The summed E-state index contributed by atoms with van der Waals surface area (Å²) < 4.78 is 0. The molecule has 1 aliphatic heterocycles. The lowest BCUT2D eigenvalue weighted by Crippen LogP contribution is -2.12. The molecule has 3 aromatic rings. The Morgan fingerprint density at radius 1 is 0.864 bits per heavy atom. The van der Waals surface area contributed by atoms with Crippen molar-refractivity contribution in [2.45, 2.75) is 18.9 Å². The first kappa shape index (κ1) is 13.1. The lowest BCUT2D eigenvalue weighted by Gasteiger charge is -2.08. The Hall–Kier alpha value is -2.61. The summed E-state index contributed by atoms with van der Waals surface area (Å²) in [4.78, 5) is 5.66. The van der Waals surface area contributed by atoms with Crippen LogP contribution >= 0.6 is 0 Å². The van der Waals surface area contributed by atoms with Crippen molar-refractivity contribution in [1.82, 2.24) is 0 Å². The highest BCUT2D eigenvalue weighted by molar-refractivity contribution is 6.11. The second-order valence-corrected chi connectivity index (χ2v) is 5.69. The largest absolute Gasteiger partial charge is 0.391 e. The van der Waals surface area contributed by atoms with Crippen LogP contribution in [-0.4, -0.2) is 11.8 Å². The van der Waals surface area contributed by atoms with Crippen LogP contribution in [0.1, 0.15) is 17.5 Å². The molecule has 108 valence electrons. The standard InChI is InChI=1S/C20H17NO/c1-2-7-15(8-3-1)13-17-14-20(21-22-17)19-12-6-10-16-9-4-5-11-18(16)19/h1-12,17H,13-14H2/t17-/m1/s1. The lowest BCUT2D eigenvalue weighted by molar-refractivity contribution is 0.0859. The van der Waals surface area contributed by atoms with Gasteiger partial charge < -0.3 is 4.84 Å². The molecule has 0 aromatic heterocycles. The molecule has 0 saturated carbocycles. The molecule has 0 fully saturated rings. The average Bonchev–Trinajstić information content (AvgIpc) is 3.03. The third-order valence-electron chi connectivity index (χ3n) is 4.14. The molecule has 2 nitrogen and oxygen atoms in total. The number of oxime groups is 1. The smallest absolute Gasteiger partial charge is 0.137 e. The van der Waals surface area contributed by atoms with E-state index in [0.29, 0.717) is 0 Å². The quantitative estimate of drug-likeness (QED) is 0.691. The Balaban J connectivity index is 1.57. The van der Waals surface area contributed by atoms with E-state index in [-0.39, 0.29) is 6.10 Å². The van der Waals surface area contributed by atoms with Gasteiger partial charge in [0.05, 0.1) is 5.71 Å². The van der Waals surface area contributed by atoms with Gasteiger partial charge in [-0.05, 0) is 16.3 Å². The fourth-order valence-electron chi connectivity index (χ4n) is 3.05. The number of hydrogen-bond acceptors (Lipinski definition) is 2. The number of fused-ring (bicyclic) bond motifs is 1. The van der Waals surface area contributed by atoms with Crippen molar-refractivity contribution in [2.75, 3.05) is 0 Å². The van der Waals surface area contributed by atoms with Crippen LogP contribution in [0.5, 0.6) is 0 Å². The normalized spacial score (nSPS) is 17.3. The van der Waals surface area contributed by atoms with E-state index in [2.05, 4.69) is 71.9 Å². The van der Waals surface area contributed by atoms with Gasteiger partial charge in [-0.1, -0.05) is 78.0 Å². The fourth-order valence-corrected chi connectivity index (χ4v) is 3.05. The minimum Gasteiger partial charge on any atom is -0.391 e. The van der Waals surface area contributed by atoms with Gasteiger partial charge in [-0.2, -0.15) is 0 Å². The van der Waals surface area contributed by atoms with E-state index in [1.807, 2.05) is 6.07 Å². The number of nitrogens with zero attached hydrogens (tertiary/aromatic N) is 1. The summed E-state index contributed by atoms with van der Waals surface area (Å²) in [5.74, 6) is 0. The van der Waals surface area contributed by atoms with Gasteiger partial charge in [-0.3, -0.25) is 0 Å². The van der Waals surface area contributed by atoms with Gasteiger partial charge >= 0.3 is 0 Å². The van der Waals surface area contributed by atoms with Crippen LogP contribution in [0, 0.1) is 0 Å². The molecule has 0 bridgehead atoms. The van der Waals surface area contributed by atoms with Gasteiger partial charge in [0, 0.05) is 18.4 Å². The molecular formula is C20H17NO. The molecule has 0 N–H and O–H groups in total. The predicted octanol–water partition coefficient (Wildman–Crippen LogP) is 4.58. The summed E-state index contributed by atoms with van der Waals surface area (Å²) in [7, 11) is 0. The van der Waals surface area contributed by atoms with E-state index in [1.165, 1.54) is 21.9 Å². The molecule has 0 radical (unpaired) electrons. The number of rotatable bonds is 3. The second-order valence-electron chi connectivity index (χ2n) is 5.69. The van der Waals surface area contributed by atoms with Crippen LogP contribution in [0.25, 0.3) is 10.8 Å². The third-order valence-corrected chi connectivity index (χ3v) is 4.14. The summed E-state index contributed by atoms with van der Waals surface area (Å²) in [5, 5.41) is 6.84. The molecule has 0 unspecified atom stereocenters. The fraction of sp³-hybridized carbons (Fsp3) is 0.150. The zero-order valence-electron chi connectivity index (χ0n) is 12.3. The topological polar surface area (TPSA) is 21.6 Å². The van der Waals surface area contributed by atoms with Crippen LogP contribution < -0.4 is 0 Å². The van der Waals surface area contributed by atoms with Crippen LogP contribution in [0.4, 0.5) is 0 Å². The monoisotopic (exact) mass is 287 g/mol. The predicted molar refractivity (Wildman–Crippen MR) is 90.1 cm³/mol.